The molecule has 2 nitrogen and oxygen atoms in total. The average molecular weight is 247 g/mol. The molecule has 0 bridgehead atoms. The molecule has 1 fully saturated rings. The Kier molecular flexibility index (Phi) is 4.15. The first kappa shape index (κ1) is 13.3. The van der Waals surface area contributed by atoms with Crippen molar-refractivity contribution in [3.8, 4) is 5.75 Å². The molecule has 3 unspecified atom stereocenters. The molecular weight excluding hydrogens is 222 g/mol. The first-order valence-corrected chi connectivity index (χ1v) is 7.12. The molecule has 100 valence electrons. The lowest BCUT2D eigenvalue weighted by atomic mass is 9.74. The summed E-state index contributed by atoms with van der Waals surface area (Å²) >= 11 is 0. The SMILES string of the molecule is CC1CCC(C(C)C)C(Nc2ccc(O)cc2)C1. The molecule has 0 aliphatic heterocycles. The number of aromatic hydroxyl groups is 1. The Morgan fingerprint density at radius 3 is 2.44 bits per heavy atom. The molecule has 1 aliphatic rings. The molecule has 3 atom stereocenters. The minimum atomic E-state index is 0.331. The van der Waals surface area contributed by atoms with Crippen LogP contribution in [-0.2, 0) is 0 Å². The van der Waals surface area contributed by atoms with Gasteiger partial charge < -0.3 is 10.4 Å². The van der Waals surface area contributed by atoms with Gasteiger partial charge in [0.15, 0.2) is 0 Å². The van der Waals surface area contributed by atoms with Crippen molar-refractivity contribution in [1.82, 2.24) is 0 Å². The van der Waals surface area contributed by atoms with Gasteiger partial charge >= 0.3 is 0 Å². The van der Waals surface area contributed by atoms with Crippen molar-refractivity contribution in [2.24, 2.45) is 17.8 Å². The number of anilines is 1. The molecular formula is C16H25NO. The number of phenols is 1. The first-order valence-electron chi connectivity index (χ1n) is 7.12. The third kappa shape index (κ3) is 3.18. The maximum atomic E-state index is 9.32. The number of phenolic OH excluding ortho intramolecular Hbond substituents is 1. The van der Waals surface area contributed by atoms with E-state index < -0.39 is 0 Å². The van der Waals surface area contributed by atoms with Crippen LogP contribution in [0.3, 0.4) is 0 Å². The molecule has 2 N–H and O–H groups in total. The van der Waals surface area contributed by atoms with Gasteiger partial charge in [0.25, 0.3) is 0 Å². The third-order valence-corrected chi connectivity index (χ3v) is 4.24. The zero-order chi connectivity index (χ0) is 13.1. The Morgan fingerprint density at radius 2 is 1.83 bits per heavy atom. The normalized spacial score (nSPS) is 28.3. The maximum absolute atomic E-state index is 9.32. The van der Waals surface area contributed by atoms with Gasteiger partial charge in [0.2, 0.25) is 0 Å². The molecule has 0 heterocycles. The predicted molar refractivity (Wildman–Crippen MR) is 76.9 cm³/mol. The summed E-state index contributed by atoms with van der Waals surface area (Å²) in [6.45, 7) is 7.00. The van der Waals surface area contributed by atoms with E-state index in [1.807, 2.05) is 12.1 Å². The number of hydrogen-bond acceptors (Lipinski definition) is 2. The Balaban J connectivity index is 2.06. The number of rotatable bonds is 3. The van der Waals surface area contributed by atoms with E-state index in [4.69, 9.17) is 0 Å². The van der Waals surface area contributed by atoms with Crippen LogP contribution in [0.1, 0.15) is 40.0 Å². The summed E-state index contributed by atoms with van der Waals surface area (Å²) < 4.78 is 0. The van der Waals surface area contributed by atoms with E-state index in [1.54, 1.807) is 12.1 Å². The molecule has 18 heavy (non-hydrogen) atoms. The molecule has 0 radical (unpaired) electrons. The van der Waals surface area contributed by atoms with E-state index >= 15 is 0 Å². The van der Waals surface area contributed by atoms with Gasteiger partial charge in [0, 0.05) is 11.7 Å². The van der Waals surface area contributed by atoms with Gasteiger partial charge in [0.1, 0.15) is 5.75 Å². The largest absolute Gasteiger partial charge is 0.508 e. The second-order valence-corrected chi connectivity index (χ2v) is 6.12. The second kappa shape index (κ2) is 5.64. The fourth-order valence-corrected chi connectivity index (χ4v) is 3.14. The molecule has 0 aromatic heterocycles. The molecule has 2 rings (SSSR count). The van der Waals surface area contributed by atoms with Crippen molar-refractivity contribution >= 4 is 5.69 Å². The highest BCUT2D eigenvalue weighted by atomic mass is 16.3. The monoisotopic (exact) mass is 247 g/mol. The van der Waals surface area contributed by atoms with Crippen LogP contribution in [0.15, 0.2) is 24.3 Å². The van der Waals surface area contributed by atoms with E-state index in [0.29, 0.717) is 11.8 Å². The van der Waals surface area contributed by atoms with Gasteiger partial charge in [-0.2, -0.15) is 0 Å². The van der Waals surface area contributed by atoms with Gasteiger partial charge in [-0.05, 0) is 54.9 Å². The standard InChI is InChI=1S/C16H25NO/c1-11(2)15-9-4-12(3)10-16(15)17-13-5-7-14(18)8-6-13/h5-8,11-12,15-18H,4,9-10H2,1-3H3. The molecule has 0 spiro atoms. The third-order valence-electron chi connectivity index (χ3n) is 4.24. The number of hydrogen-bond donors (Lipinski definition) is 2. The zero-order valence-electron chi connectivity index (χ0n) is 11.7. The summed E-state index contributed by atoms with van der Waals surface area (Å²) in [4.78, 5) is 0. The summed E-state index contributed by atoms with van der Waals surface area (Å²) in [6.07, 6.45) is 3.94. The molecule has 1 aromatic carbocycles. The molecule has 1 aromatic rings. The van der Waals surface area contributed by atoms with Crippen molar-refractivity contribution in [2.45, 2.75) is 46.1 Å². The predicted octanol–water partition coefficient (Wildman–Crippen LogP) is 4.26. The van der Waals surface area contributed by atoms with Crippen LogP contribution in [0, 0.1) is 17.8 Å². The van der Waals surface area contributed by atoms with Crippen LogP contribution in [0.25, 0.3) is 0 Å². The Morgan fingerprint density at radius 1 is 1.17 bits per heavy atom. The van der Waals surface area contributed by atoms with Crippen molar-refractivity contribution in [3.05, 3.63) is 24.3 Å². The van der Waals surface area contributed by atoms with E-state index in [2.05, 4.69) is 26.1 Å². The molecule has 1 saturated carbocycles. The Bertz CT molecular complexity index is 371. The second-order valence-electron chi connectivity index (χ2n) is 6.12. The van der Waals surface area contributed by atoms with Crippen molar-refractivity contribution in [1.29, 1.82) is 0 Å². The number of benzene rings is 1. The van der Waals surface area contributed by atoms with Gasteiger partial charge in [-0.1, -0.05) is 27.2 Å². The van der Waals surface area contributed by atoms with Crippen LogP contribution in [0.5, 0.6) is 5.75 Å². The van der Waals surface area contributed by atoms with Crippen molar-refractivity contribution in [3.63, 3.8) is 0 Å². The fraction of sp³-hybridized carbons (Fsp3) is 0.625. The highest BCUT2D eigenvalue weighted by molar-refractivity contribution is 5.47. The minimum Gasteiger partial charge on any atom is -0.508 e. The topological polar surface area (TPSA) is 32.3 Å². The summed E-state index contributed by atoms with van der Waals surface area (Å²) in [5.41, 5.74) is 1.12. The summed E-state index contributed by atoms with van der Waals surface area (Å²) in [5.74, 6) is 2.63. The van der Waals surface area contributed by atoms with Crippen LogP contribution in [-0.4, -0.2) is 11.1 Å². The van der Waals surface area contributed by atoms with Crippen LogP contribution in [0.4, 0.5) is 5.69 Å². The summed E-state index contributed by atoms with van der Waals surface area (Å²) in [5, 5.41) is 13.0. The van der Waals surface area contributed by atoms with E-state index in [1.165, 1.54) is 19.3 Å². The van der Waals surface area contributed by atoms with Crippen molar-refractivity contribution < 1.29 is 5.11 Å². The van der Waals surface area contributed by atoms with Gasteiger partial charge in [0.05, 0.1) is 0 Å². The van der Waals surface area contributed by atoms with E-state index in [0.717, 1.165) is 23.4 Å². The average Bonchev–Trinajstić information content (AvgIpc) is 2.32. The first-order chi connectivity index (χ1) is 8.56. The summed E-state index contributed by atoms with van der Waals surface area (Å²) in [7, 11) is 0. The quantitative estimate of drug-likeness (QED) is 0.782. The lowest BCUT2D eigenvalue weighted by molar-refractivity contribution is 0.212. The van der Waals surface area contributed by atoms with Gasteiger partial charge in [-0.15, -0.1) is 0 Å². The van der Waals surface area contributed by atoms with Crippen LogP contribution < -0.4 is 5.32 Å². The highest BCUT2D eigenvalue weighted by Gasteiger charge is 2.30. The summed E-state index contributed by atoms with van der Waals surface area (Å²) in [6, 6.07) is 7.99. The molecule has 1 aliphatic carbocycles. The molecule has 2 heteroatoms. The lowest BCUT2D eigenvalue weighted by Gasteiger charge is -2.38. The van der Waals surface area contributed by atoms with E-state index in [-0.39, 0.29) is 0 Å². The van der Waals surface area contributed by atoms with Crippen LogP contribution in [0.2, 0.25) is 0 Å². The van der Waals surface area contributed by atoms with Gasteiger partial charge in [-0.25, -0.2) is 0 Å². The molecule has 0 amide bonds. The number of nitrogens with one attached hydrogen (secondary N) is 1. The van der Waals surface area contributed by atoms with Crippen LogP contribution >= 0.6 is 0 Å². The maximum Gasteiger partial charge on any atom is 0.115 e. The lowest BCUT2D eigenvalue weighted by Crippen LogP contribution is -2.37. The Labute approximate surface area is 110 Å². The van der Waals surface area contributed by atoms with Crippen molar-refractivity contribution in [2.75, 3.05) is 5.32 Å². The fourth-order valence-electron chi connectivity index (χ4n) is 3.14. The Hall–Kier alpha value is -1.18. The van der Waals surface area contributed by atoms with E-state index in [9.17, 15) is 5.11 Å². The molecule has 0 saturated heterocycles. The highest BCUT2D eigenvalue weighted by Crippen LogP contribution is 2.35. The minimum absolute atomic E-state index is 0.331. The van der Waals surface area contributed by atoms with Gasteiger partial charge in [-0.3, -0.25) is 0 Å². The zero-order valence-corrected chi connectivity index (χ0v) is 11.7. The smallest absolute Gasteiger partial charge is 0.115 e.